The summed E-state index contributed by atoms with van der Waals surface area (Å²) in [5, 5.41) is 0. The molecule has 0 bridgehead atoms. The van der Waals surface area contributed by atoms with Crippen LogP contribution in [0.3, 0.4) is 0 Å². The van der Waals surface area contributed by atoms with E-state index in [9.17, 15) is 8.42 Å². The fraction of sp³-hybridized carbons (Fsp3) is 1.00. The molecule has 0 aromatic carbocycles. The Balaban J connectivity index is 2.01. The van der Waals surface area contributed by atoms with Crippen molar-refractivity contribution in [3.63, 3.8) is 0 Å². The van der Waals surface area contributed by atoms with E-state index >= 15 is 0 Å². The molecule has 0 radical (unpaired) electrons. The van der Waals surface area contributed by atoms with Crippen LogP contribution in [-0.4, -0.2) is 45.8 Å². The molecule has 0 unspecified atom stereocenters. The Labute approximate surface area is 79.1 Å². The topological polar surface area (TPSA) is 58.6 Å². The number of hydrogen-bond acceptors (Lipinski definition) is 4. The summed E-state index contributed by atoms with van der Waals surface area (Å²) in [7, 11) is -3.21. The molecule has 1 heterocycles. The van der Waals surface area contributed by atoms with Gasteiger partial charge < -0.3 is 4.90 Å². The molecule has 1 aliphatic rings. The summed E-state index contributed by atoms with van der Waals surface area (Å²) in [6.45, 7) is 3.40. The van der Waals surface area contributed by atoms with Gasteiger partial charge >= 0.3 is 0 Å². The first kappa shape index (κ1) is 10.9. The van der Waals surface area contributed by atoms with Gasteiger partial charge in [-0.1, -0.05) is 4.89 Å². The van der Waals surface area contributed by atoms with Gasteiger partial charge in [0.1, 0.15) is 0 Å². The Morgan fingerprint density at radius 1 is 1.38 bits per heavy atom. The van der Waals surface area contributed by atoms with E-state index in [1.54, 1.807) is 0 Å². The van der Waals surface area contributed by atoms with Crippen molar-refractivity contribution in [2.24, 2.45) is 0 Å². The van der Waals surface area contributed by atoms with Crippen LogP contribution in [0.2, 0.25) is 0 Å². The van der Waals surface area contributed by atoms with Gasteiger partial charge in [0.2, 0.25) is 10.0 Å². The maximum Gasteiger partial charge on any atom is 0.230 e. The molecule has 1 aliphatic heterocycles. The highest BCUT2D eigenvalue weighted by Crippen LogP contribution is 2.05. The zero-order valence-corrected chi connectivity index (χ0v) is 8.64. The van der Waals surface area contributed by atoms with Crippen LogP contribution in [-0.2, 0) is 14.9 Å². The normalized spacial score (nSPS) is 19.5. The molecule has 1 N–H and O–H groups in total. The van der Waals surface area contributed by atoms with Crippen molar-refractivity contribution < 1.29 is 13.3 Å². The van der Waals surface area contributed by atoms with Crippen LogP contribution in [0.15, 0.2) is 0 Å². The lowest BCUT2D eigenvalue weighted by Crippen LogP contribution is -2.29. The summed E-state index contributed by atoms with van der Waals surface area (Å²) in [6, 6.07) is 0. The van der Waals surface area contributed by atoms with Crippen molar-refractivity contribution in [2.75, 3.05) is 32.5 Å². The molecule has 0 atom stereocenters. The van der Waals surface area contributed by atoms with E-state index in [0.717, 1.165) is 25.9 Å². The number of nitrogens with one attached hydrogen (secondary N) is 1. The summed E-state index contributed by atoms with van der Waals surface area (Å²) in [5.41, 5.74) is 0. The lowest BCUT2D eigenvalue weighted by Gasteiger charge is -2.13. The molecule has 1 fully saturated rings. The van der Waals surface area contributed by atoms with Crippen LogP contribution >= 0.6 is 0 Å². The predicted octanol–water partition coefficient (Wildman–Crippen LogP) is -0.437. The first-order valence-electron chi connectivity index (χ1n) is 4.39. The molecule has 0 aliphatic carbocycles. The fourth-order valence-corrected chi connectivity index (χ4v) is 1.63. The molecule has 0 aromatic heterocycles. The molecular formula is C7H16N2O3S. The van der Waals surface area contributed by atoms with Crippen LogP contribution in [0, 0.1) is 0 Å². The van der Waals surface area contributed by atoms with Crippen LogP contribution in [0.5, 0.6) is 0 Å². The Morgan fingerprint density at radius 2 is 2.00 bits per heavy atom. The largest absolute Gasteiger partial charge is 0.301 e. The van der Waals surface area contributed by atoms with Crippen LogP contribution in [0.4, 0.5) is 0 Å². The molecule has 0 aromatic rings. The summed E-state index contributed by atoms with van der Waals surface area (Å²) < 4.78 is 21.2. The van der Waals surface area contributed by atoms with Gasteiger partial charge in [-0.25, -0.2) is 8.42 Å². The number of likely N-dealkylation sites (tertiary alicyclic amines) is 1. The maximum atomic E-state index is 10.6. The van der Waals surface area contributed by atoms with Gasteiger partial charge in [0.15, 0.2) is 0 Å². The van der Waals surface area contributed by atoms with Gasteiger partial charge in [0, 0.05) is 6.54 Å². The molecule has 1 rings (SSSR count). The highest BCUT2D eigenvalue weighted by molar-refractivity contribution is 7.88. The van der Waals surface area contributed by atoms with E-state index in [4.69, 9.17) is 4.84 Å². The van der Waals surface area contributed by atoms with Gasteiger partial charge in [-0.2, -0.15) is 0 Å². The van der Waals surface area contributed by atoms with Crippen molar-refractivity contribution in [1.82, 2.24) is 9.79 Å². The molecule has 0 saturated carbocycles. The van der Waals surface area contributed by atoms with Crippen LogP contribution < -0.4 is 4.89 Å². The lowest BCUT2D eigenvalue weighted by atomic mass is 10.4. The van der Waals surface area contributed by atoms with Crippen molar-refractivity contribution in [3.05, 3.63) is 0 Å². The molecule has 13 heavy (non-hydrogen) atoms. The molecule has 6 heteroatoms. The van der Waals surface area contributed by atoms with Crippen LogP contribution in [0.25, 0.3) is 0 Å². The Bertz CT molecular complexity index is 234. The number of hydrogen-bond donors (Lipinski definition) is 1. The first-order valence-corrected chi connectivity index (χ1v) is 6.28. The zero-order valence-electron chi connectivity index (χ0n) is 7.82. The number of nitrogens with zero attached hydrogens (tertiary/aromatic N) is 1. The van der Waals surface area contributed by atoms with Crippen molar-refractivity contribution in [3.8, 4) is 0 Å². The maximum absolute atomic E-state index is 10.6. The average Bonchev–Trinajstić information content (AvgIpc) is 2.48. The minimum atomic E-state index is -3.21. The van der Waals surface area contributed by atoms with Gasteiger partial charge in [0.25, 0.3) is 0 Å². The highest BCUT2D eigenvalue weighted by Gasteiger charge is 2.10. The Hall–Kier alpha value is -0.170. The Morgan fingerprint density at radius 3 is 2.54 bits per heavy atom. The number of rotatable bonds is 5. The summed E-state index contributed by atoms with van der Waals surface area (Å²) >= 11 is 0. The average molecular weight is 208 g/mol. The van der Waals surface area contributed by atoms with Gasteiger partial charge in [0.05, 0.1) is 12.9 Å². The second-order valence-electron chi connectivity index (χ2n) is 3.25. The smallest absolute Gasteiger partial charge is 0.230 e. The van der Waals surface area contributed by atoms with Crippen molar-refractivity contribution in [1.29, 1.82) is 0 Å². The molecule has 78 valence electrons. The third-order valence-electron chi connectivity index (χ3n) is 1.92. The van der Waals surface area contributed by atoms with Gasteiger partial charge in [-0.05, 0) is 25.9 Å². The van der Waals surface area contributed by atoms with E-state index in [1.165, 1.54) is 12.8 Å². The van der Waals surface area contributed by atoms with E-state index in [-0.39, 0.29) is 0 Å². The lowest BCUT2D eigenvalue weighted by molar-refractivity contribution is 0.0760. The van der Waals surface area contributed by atoms with E-state index in [1.807, 2.05) is 4.89 Å². The number of sulfonamides is 1. The molecule has 0 amide bonds. The van der Waals surface area contributed by atoms with Crippen molar-refractivity contribution >= 4 is 10.0 Å². The molecule has 5 nitrogen and oxygen atoms in total. The van der Waals surface area contributed by atoms with Gasteiger partial charge in [-0.15, -0.1) is 0 Å². The zero-order chi connectivity index (χ0) is 9.73. The molecular weight excluding hydrogens is 192 g/mol. The monoisotopic (exact) mass is 208 g/mol. The minimum absolute atomic E-state index is 0.410. The standard InChI is InChI=1S/C7H16N2O3S/c1-13(10,11)8-12-7-6-9-4-2-3-5-9/h8H,2-7H2,1H3. The van der Waals surface area contributed by atoms with E-state index in [2.05, 4.69) is 4.90 Å². The van der Waals surface area contributed by atoms with Gasteiger partial charge in [-0.3, -0.25) is 4.84 Å². The Kier molecular flexibility index (Phi) is 4.11. The summed E-state index contributed by atoms with van der Waals surface area (Å²) in [5.74, 6) is 0. The van der Waals surface area contributed by atoms with Crippen molar-refractivity contribution in [2.45, 2.75) is 12.8 Å². The third kappa shape index (κ3) is 5.20. The predicted molar refractivity (Wildman–Crippen MR) is 49.6 cm³/mol. The van der Waals surface area contributed by atoms with Crippen LogP contribution in [0.1, 0.15) is 12.8 Å². The second-order valence-corrected chi connectivity index (χ2v) is 4.96. The second kappa shape index (κ2) is 4.90. The molecule has 1 saturated heterocycles. The van der Waals surface area contributed by atoms with E-state index in [0.29, 0.717) is 6.61 Å². The molecule has 0 spiro atoms. The fourth-order valence-electron chi connectivity index (χ4n) is 1.33. The summed E-state index contributed by atoms with van der Waals surface area (Å²) in [4.78, 5) is 9.03. The quantitative estimate of drug-likeness (QED) is 0.492. The minimum Gasteiger partial charge on any atom is -0.301 e. The highest BCUT2D eigenvalue weighted by atomic mass is 32.2. The summed E-state index contributed by atoms with van der Waals surface area (Å²) in [6.07, 6.45) is 3.54. The first-order chi connectivity index (χ1) is 6.08. The SMILES string of the molecule is CS(=O)(=O)NOCCN1CCCC1. The third-order valence-corrected chi connectivity index (χ3v) is 2.34. The van der Waals surface area contributed by atoms with E-state index < -0.39 is 10.0 Å².